The van der Waals surface area contributed by atoms with Crippen LogP contribution in [0.15, 0.2) is 30.3 Å². The summed E-state index contributed by atoms with van der Waals surface area (Å²) in [5, 5.41) is 0. The van der Waals surface area contributed by atoms with E-state index in [1.54, 1.807) is 12.1 Å². The molecule has 0 saturated heterocycles. The Bertz CT molecular complexity index is 497. The van der Waals surface area contributed by atoms with Gasteiger partial charge in [0, 0.05) is 17.5 Å². The summed E-state index contributed by atoms with van der Waals surface area (Å²) in [6.45, 7) is 3.91. The van der Waals surface area contributed by atoms with Gasteiger partial charge in [-0.05, 0) is 38.1 Å². The molecule has 0 aliphatic heterocycles. The van der Waals surface area contributed by atoms with E-state index in [2.05, 4.69) is 0 Å². The number of rotatable bonds is 2. The third-order valence-corrected chi connectivity index (χ3v) is 2.67. The summed E-state index contributed by atoms with van der Waals surface area (Å²) in [6, 6.07) is 8.83. The van der Waals surface area contributed by atoms with E-state index in [0.29, 0.717) is 11.4 Å². The lowest BCUT2D eigenvalue weighted by Crippen LogP contribution is -2.01. The predicted octanol–water partition coefficient (Wildman–Crippen LogP) is 3.24. The largest absolute Gasteiger partial charge is 0.497 e. The van der Waals surface area contributed by atoms with Crippen LogP contribution >= 0.6 is 0 Å². The lowest BCUT2D eigenvalue weighted by molar-refractivity contribution is 0.411. The Kier molecular flexibility index (Phi) is 2.69. The highest BCUT2D eigenvalue weighted by molar-refractivity contribution is 5.42. The maximum absolute atomic E-state index is 13.9. The molecule has 1 aromatic carbocycles. The van der Waals surface area contributed by atoms with E-state index in [-0.39, 0.29) is 5.82 Å². The van der Waals surface area contributed by atoms with Crippen molar-refractivity contribution >= 4 is 0 Å². The molecule has 1 heterocycles. The van der Waals surface area contributed by atoms with E-state index in [9.17, 15) is 4.39 Å². The molecule has 0 aliphatic rings. The minimum Gasteiger partial charge on any atom is -0.497 e. The fourth-order valence-corrected chi connectivity index (χ4v) is 1.84. The number of hydrogen-bond acceptors (Lipinski definition) is 1. The normalized spacial score (nSPS) is 10.5. The van der Waals surface area contributed by atoms with Gasteiger partial charge in [0.05, 0.1) is 12.8 Å². The zero-order valence-electron chi connectivity index (χ0n) is 9.62. The number of hydrogen-bond donors (Lipinski definition) is 0. The Morgan fingerprint density at radius 3 is 2.19 bits per heavy atom. The van der Waals surface area contributed by atoms with E-state index in [0.717, 1.165) is 11.4 Å². The van der Waals surface area contributed by atoms with Crippen molar-refractivity contribution < 1.29 is 9.13 Å². The topological polar surface area (TPSA) is 14.2 Å². The van der Waals surface area contributed by atoms with Gasteiger partial charge in [-0.2, -0.15) is 0 Å². The van der Waals surface area contributed by atoms with Crippen molar-refractivity contribution in [3.8, 4) is 11.4 Å². The Balaban J connectivity index is 2.57. The standard InChI is InChI=1S/C13H14FNO/c1-9-4-5-10(2)15(9)13-7-6-11(16-3)8-12(13)14/h4-8H,1-3H3. The summed E-state index contributed by atoms with van der Waals surface area (Å²) in [5.41, 5.74) is 2.59. The van der Waals surface area contributed by atoms with Crippen LogP contribution in [0.5, 0.6) is 5.75 Å². The Hall–Kier alpha value is -1.77. The molecule has 0 bridgehead atoms. The molecule has 0 unspecified atom stereocenters. The van der Waals surface area contributed by atoms with Gasteiger partial charge in [-0.25, -0.2) is 4.39 Å². The zero-order valence-corrected chi connectivity index (χ0v) is 9.62. The fourth-order valence-electron chi connectivity index (χ4n) is 1.84. The molecule has 3 heteroatoms. The first kappa shape index (κ1) is 10.7. The molecular weight excluding hydrogens is 205 g/mol. The predicted molar refractivity (Wildman–Crippen MR) is 61.8 cm³/mol. The molecule has 0 radical (unpaired) electrons. The Morgan fingerprint density at radius 2 is 1.69 bits per heavy atom. The van der Waals surface area contributed by atoms with Crippen LogP contribution in [-0.2, 0) is 0 Å². The first-order valence-corrected chi connectivity index (χ1v) is 5.12. The quantitative estimate of drug-likeness (QED) is 0.756. The van der Waals surface area contributed by atoms with Gasteiger partial charge in [0.15, 0.2) is 5.82 Å². The van der Waals surface area contributed by atoms with Gasteiger partial charge in [-0.3, -0.25) is 0 Å². The molecule has 0 atom stereocenters. The van der Waals surface area contributed by atoms with Gasteiger partial charge in [0.25, 0.3) is 0 Å². The molecule has 0 saturated carbocycles. The van der Waals surface area contributed by atoms with Gasteiger partial charge in [-0.15, -0.1) is 0 Å². The molecule has 2 rings (SSSR count). The van der Waals surface area contributed by atoms with Gasteiger partial charge in [0.1, 0.15) is 5.75 Å². The molecule has 2 aromatic rings. The van der Waals surface area contributed by atoms with E-state index in [1.807, 2.05) is 30.5 Å². The van der Waals surface area contributed by atoms with Crippen molar-refractivity contribution in [3.63, 3.8) is 0 Å². The number of ether oxygens (including phenoxy) is 1. The summed E-state index contributed by atoms with van der Waals surface area (Å²) in [6.07, 6.45) is 0. The second kappa shape index (κ2) is 4.00. The Labute approximate surface area is 94.3 Å². The van der Waals surface area contributed by atoms with Crippen LogP contribution in [0, 0.1) is 19.7 Å². The summed E-state index contributed by atoms with van der Waals surface area (Å²) >= 11 is 0. The van der Waals surface area contributed by atoms with Crippen molar-refractivity contribution in [2.24, 2.45) is 0 Å². The van der Waals surface area contributed by atoms with E-state index in [4.69, 9.17) is 4.74 Å². The maximum atomic E-state index is 13.9. The monoisotopic (exact) mass is 219 g/mol. The van der Waals surface area contributed by atoms with E-state index >= 15 is 0 Å². The van der Waals surface area contributed by atoms with Crippen LogP contribution in [0.2, 0.25) is 0 Å². The molecule has 0 fully saturated rings. The van der Waals surface area contributed by atoms with E-state index in [1.165, 1.54) is 13.2 Å². The molecule has 16 heavy (non-hydrogen) atoms. The van der Waals surface area contributed by atoms with Crippen molar-refractivity contribution in [1.29, 1.82) is 0 Å². The number of nitrogens with zero attached hydrogens (tertiary/aromatic N) is 1. The summed E-state index contributed by atoms with van der Waals surface area (Å²) in [5.74, 6) is 0.255. The molecule has 84 valence electrons. The molecule has 0 N–H and O–H groups in total. The zero-order chi connectivity index (χ0) is 11.7. The summed E-state index contributed by atoms with van der Waals surface area (Å²) < 4.78 is 20.7. The van der Waals surface area contributed by atoms with Gasteiger partial charge < -0.3 is 9.30 Å². The SMILES string of the molecule is COc1ccc(-n2c(C)ccc2C)c(F)c1. The van der Waals surface area contributed by atoms with Crippen LogP contribution < -0.4 is 4.74 Å². The highest BCUT2D eigenvalue weighted by Gasteiger charge is 2.09. The van der Waals surface area contributed by atoms with Gasteiger partial charge in [0.2, 0.25) is 0 Å². The number of methoxy groups -OCH3 is 1. The van der Waals surface area contributed by atoms with Crippen LogP contribution in [-0.4, -0.2) is 11.7 Å². The average molecular weight is 219 g/mol. The van der Waals surface area contributed by atoms with Crippen molar-refractivity contribution in [2.75, 3.05) is 7.11 Å². The second-order valence-corrected chi connectivity index (χ2v) is 3.77. The number of benzene rings is 1. The van der Waals surface area contributed by atoms with Crippen LogP contribution in [0.25, 0.3) is 5.69 Å². The fraction of sp³-hybridized carbons (Fsp3) is 0.231. The molecule has 0 spiro atoms. The summed E-state index contributed by atoms with van der Waals surface area (Å²) in [4.78, 5) is 0. The molecular formula is C13H14FNO. The van der Waals surface area contributed by atoms with E-state index < -0.39 is 0 Å². The molecule has 2 nitrogen and oxygen atoms in total. The number of halogens is 1. The lowest BCUT2D eigenvalue weighted by Gasteiger charge is -2.11. The third-order valence-electron chi connectivity index (χ3n) is 2.67. The smallest absolute Gasteiger partial charge is 0.150 e. The first-order chi connectivity index (χ1) is 7.63. The van der Waals surface area contributed by atoms with Gasteiger partial charge >= 0.3 is 0 Å². The van der Waals surface area contributed by atoms with Crippen LogP contribution in [0.3, 0.4) is 0 Å². The minimum absolute atomic E-state index is 0.276. The highest BCUT2D eigenvalue weighted by Crippen LogP contribution is 2.22. The first-order valence-electron chi connectivity index (χ1n) is 5.12. The second-order valence-electron chi connectivity index (χ2n) is 3.77. The molecule has 0 amide bonds. The van der Waals surface area contributed by atoms with Crippen molar-refractivity contribution in [1.82, 2.24) is 4.57 Å². The summed E-state index contributed by atoms with van der Waals surface area (Å²) in [7, 11) is 1.53. The van der Waals surface area contributed by atoms with Crippen molar-refractivity contribution in [2.45, 2.75) is 13.8 Å². The number of aromatic nitrogens is 1. The average Bonchev–Trinajstić information content (AvgIpc) is 2.59. The molecule has 0 aliphatic carbocycles. The Morgan fingerprint density at radius 1 is 1.06 bits per heavy atom. The third kappa shape index (κ3) is 1.69. The molecule has 1 aromatic heterocycles. The van der Waals surface area contributed by atoms with Gasteiger partial charge in [-0.1, -0.05) is 0 Å². The highest BCUT2D eigenvalue weighted by atomic mass is 19.1. The maximum Gasteiger partial charge on any atom is 0.150 e. The van der Waals surface area contributed by atoms with Crippen LogP contribution in [0.1, 0.15) is 11.4 Å². The number of aryl methyl sites for hydroxylation is 2. The van der Waals surface area contributed by atoms with Crippen LogP contribution in [0.4, 0.5) is 4.39 Å². The van der Waals surface area contributed by atoms with Crippen molar-refractivity contribution in [3.05, 3.63) is 47.5 Å². The minimum atomic E-state index is -0.276. The lowest BCUT2D eigenvalue weighted by atomic mass is 10.2.